The quantitative estimate of drug-likeness (QED) is 0.922. The topological polar surface area (TPSA) is 76.3 Å². The molecule has 0 saturated carbocycles. The Balaban J connectivity index is 2.23. The van der Waals surface area contributed by atoms with Gasteiger partial charge in [-0.1, -0.05) is 13.8 Å². The molecule has 5 nitrogen and oxygen atoms in total. The second kappa shape index (κ2) is 6.85. The molecule has 1 atom stereocenters. The molecule has 2 rings (SSSR count). The van der Waals surface area contributed by atoms with Crippen LogP contribution in [0, 0.1) is 11.8 Å². The van der Waals surface area contributed by atoms with E-state index in [0.717, 1.165) is 19.3 Å². The molecule has 6 heteroatoms. The van der Waals surface area contributed by atoms with Crippen LogP contribution in [0.4, 0.5) is 0 Å². The van der Waals surface area contributed by atoms with E-state index < -0.39 is 10.0 Å². The van der Waals surface area contributed by atoms with Gasteiger partial charge in [0.2, 0.25) is 10.0 Å². The number of hydrogen-bond donors (Lipinski definition) is 1. The molecule has 118 valence electrons. The molecule has 0 radical (unpaired) electrons. The molecule has 21 heavy (non-hydrogen) atoms. The summed E-state index contributed by atoms with van der Waals surface area (Å²) in [5.41, 5.74) is 6.07. The largest absolute Gasteiger partial charge is 0.325 e. The number of nitrogens with two attached hydrogens (primary N) is 1. The van der Waals surface area contributed by atoms with Crippen molar-refractivity contribution in [2.75, 3.05) is 13.1 Å². The highest BCUT2D eigenvalue weighted by Crippen LogP contribution is 2.28. The fraction of sp³-hybridized carbons (Fsp3) is 0.667. The minimum atomic E-state index is -3.49. The number of nitrogens with zero attached hydrogens (tertiary/aromatic N) is 2. The number of aromatic nitrogens is 1. The van der Waals surface area contributed by atoms with E-state index in [0.29, 0.717) is 30.6 Å². The molecule has 1 aliphatic heterocycles. The molecule has 1 aromatic heterocycles. The van der Waals surface area contributed by atoms with Gasteiger partial charge < -0.3 is 5.73 Å². The van der Waals surface area contributed by atoms with Crippen molar-refractivity contribution < 1.29 is 8.42 Å². The molecule has 1 fully saturated rings. The zero-order valence-electron chi connectivity index (χ0n) is 12.8. The van der Waals surface area contributed by atoms with Gasteiger partial charge in [0.25, 0.3) is 0 Å². The molecule has 0 spiro atoms. The van der Waals surface area contributed by atoms with E-state index in [1.165, 1.54) is 0 Å². The van der Waals surface area contributed by atoms with Crippen molar-refractivity contribution in [3.05, 3.63) is 24.0 Å². The maximum Gasteiger partial charge on any atom is 0.244 e. The van der Waals surface area contributed by atoms with Crippen LogP contribution in [0.2, 0.25) is 0 Å². The lowest BCUT2D eigenvalue weighted by atomic mass is 9.89. The smallest absolute Gasteiger partial charge is 0.244 e. The van der Waals surface area contributed by atoms with E-state index in [-0.39, 0.29) is 11.4 Å². The first kappa shape index (κ1) is 16.4. The van der Waals surface area contributed by atoms with Crippen LogP contribution in [0.25, 0.3) is 0 Å². The number of pyridine rings is 1. The van der Waals surface area contributed by atoms with Crippen LogP contribution >= 0.6 is 0 Å². The van der Waals surface area contributed by atoms with Crippen molar-refractivity contribution in [1.82, 2.24) is 9.29 Å². The summed E-state index contributed by atoms with van der Waals surface area (Å²) in [6, 6.07) is 3.26. The lowest BCUT2D eigenvalue weighted by molar-refractivity contribution is 0.340. The maximum absolute atomic E-state index is 12.8. The first-order valence-corrected chi connectivity index (χ1v) is 9.05. The van der Waals surface area contributed by atoms with Gasteiger partial charge in [-0.2, -0.15) is 4.31 Å². The van der Waals surface area contributed by atoms with Gasteiger partial charge >= 0.3 is 0 Å². The zero-order chi connectivity index (χ0) is 15.5. The number of sulfonamides is 1. The first-order valence-electron chi connectivity index (χ1n) is 7.61. The fourth-order valence-corrected chi connectivity index (χ4v) is 4.63. The normalized spacial score (nSPS) is 21.4. The minimum Gasteiger partial charge on any atom is -0.325 e. The van der Waals surface area contributed by atoms with Crippen molar-refractivity contribution in [1.29, 1.82) is 0 Å². The molecule has 1 saturated heterocycles. The van der Waals surface area contributed by atoms with Crippen LogP contribution in [-0.4, -0.2) is 30.8 Å². The van der Waals surface area contributed by atoms with E-state index in [1.807, 2.05) is 0 Å². The second-order valence-corrected chi connectivity index (χ2v) is 7.90. The summed E-state index contributed by atoms with van der Waals surface area (Å²) in [5, 5.41) is 0. The lowest BCUT2D eigenvalue weighted by Gasteiger charge is -2.22. The van der Waals surface area contributed by atoms with Gasteiger partial charge in [0.05, 0.1) is 5.69 Å². The summed E-state index contributed by atoms with van der Waals surface area (Å²) in [5.74, 6) is 1.21. The molecule has 1 aliphatic rings. The van der Waals surface area contributed by atoms with E-state index in [1.54, 1.807) is 22.6 Å². The van der Waals surface area contributed by atoms with Crippen molar-refractivity contribution in [3.63, 3.8) is 0 Å². The molecule has 2 N–H and O–H groups in total. The van der Waals surface area contributed by atoms with Gasteiger partial charge in [-0.25, -0.2) is 8.42 Å². The monoisotopic (exact) mass is 311 g/mol. The number of hydrogen-bond acceptors (Lipinski definition) is 4. The Morgan fingerprint density at radius 2 is 2.14 bits per heavy atom. The predicted octanol–water partition coefficient (Wildman–Crippen LogP) is 1.99. The minimum absolute atomic E-state index is 0.137. The highest BCUT2D eigenvalue weighted by molar-refractivity contribution is 7.89. The van der Waals surface area contributed by atoms with Gasteiger partial charge in [0, 0.05) is 25.8 Å². The van der Waals surface area contributed by atoms with Crippen LogP contribution in [0.5, 0.6) is 0 Å². The summed E-state index contributed by atoms with van der Waals surface area (Å²) < 4.78 is 27.3. The van der Waals surface area contributed by atoms with Gasteiger partial charge in [0.15, 0.2) is 0 Å². The third kappa shape index (κ3) is 3.62. The van der Waals surface area contributed by atoms with Crippen molar-refractivity contribution in [3.8, 4) is 0 Å². The van der Waals surface area contributed by atoms with Crippen molar-refractivity contribution in [2.24, 2.45) is 17.6 Å². The van der Waals surface area contributed by atoms with E-state index in [2.05, 4.69) is 18.8 Å². The molecule has 0 bridgehead atoms. The SMILES string of the molecule is CC(C)C1CCCN(S(=O)(=O)c2cccnc2CN)CC1. The standard InChI is InChI=1S/C15H25N3O2S/c1-12(2)13-5-4-9-18(10-7-13)21(19,20)15-6-3-8-17-14(15)11-16/h3,6,8,12-13H,4-5,7,9-11,16H2,1-2H3. The van der Waals surface area contributed by atoms with E-state index in [9.17, 15) is 8.42 Å². The van der Waals surface area contributed by atoms with E-state index >= 15 is 0 Å². The molecule has 1 unspecified atom stereocenters. The predicted molar refractivity (Wildman–Crippen MR) is 83.1 cm³/mol. The summed E-state index contributed by atoms with van der Waals surface area (Å²) in [6.07, 6.45) is 4.52. The molecular formula is C15H25N3O2S. The molecular weight excluding hydrogens is 286 g/mol. The Morgan fingerprint density at radius 1 is 1.38 bits per heavy atom. The van der Waals surface area contributed by atoms with Crippen LogP contribution in [0.1, 0.15) is 38.8 Å². The van der Waals surface area contributed by atoms with Crippen LogP contribution in [0.15, 0.2) is 23.2 Å². The van der Waals surface area contributed by atoms with Gasteiger partial charge in [-0.05, 0) is 43.2 Å². The van der Waals surface area contributed by atoms with Crippen LogP contribution in [0.3, 0.4) is 0 Å². The Morgan fingerprint density at radius 3 is 2.81 bits per heavy atom. The summed E-state index contributed by atoms with van der Waals surface area (Å²) in [4.78, 5) is 4.35. The Labute approximate surface area is 127 Å². The Bertz CT molecular complexity index is 572. The molecule has 2 heterocycles. The average molecular weight is 311 g/mol. The maximum atomic E-state index is 12.8. The lowest BCUT2D eigenvalue weighted by Crippen LogP contribution is -2.33. The van der Waals surface area contributed by atoms with Crippen LogP contribution < -0.4 is 5.73 Å². The first-order chi connectivity index (χ1) is 9.96. The Kier molecular flexibility index (Phi) is 5.35. The third-order valence-corrected chi connectivity index (χ3v) is 6.31. The Hall–Kier alpha value is -0.980. The van der Waals surface area contributed by atoms with Gasteiger partial charge in [-0.15, -0.1) is 0 Å². The summed E-state index contributed by atoms with van der Waals surface area (Å²) in [6.45, 7) is 5.73. The highest BCUT2D eigenvalue weighted by atomic mass is 32.2. The average Bonchev–Trinajstić information content (AvgIpc) is 2.73. The van der Waals surface area contributed by atoms with Crippen molar-refractivity contribution >= 4 is 10.0 Å². The van der Waals surface area contributed by atoms with Crippen molar-refractivity contribution in [2.45, 2.75) is 44.6 Å². The van der Waals surface area contributed by atoms with Gasteiger partial charge in [-0.3, -0.25) is 4.98 Å². The number of rotatable bonds is 4. The van der Waals surface area contributed by atoms with E-state index in [4.69, 9.17) is 5.73 Å². The summed E-state index contributed by atoms with van der Waals surface area (Å²) >= 11 is 0. The molecule has 0 aliphatic carbocycles. The van der Waals surface area contributed by atoms with Gasteiger partial charge in [0.1, 0.15) is 4.90 Å². The highest BCUT2D eigenvalue weighted by Gasteiger charge is 2.30. The van der Waals surface area contributed by atoms with Crippen LogP contribution in [-0.2, 0) is 16.6 Å². The fourth-order valence-electron chi connectivity index (χ4n) is 2.95. The third-order valence-electron chi connectivity index (χ3n) is 4.33. The molecule has 0 amide bonds. The molecule has 1 aromatic rings. The zero-order valence-corrected chi connectivity index (χ0v) is 13.6. The summed E-state index contributed by atoms with van der Waals surface area (Å²) in [7, 11) is -3.49. The second-order valence-electron chi connectivity index (χ2n) is 5.99. The molecule has 0 aromatic carbocycles.